The predicted octanol–water partition coefficient (Wildman–Crippen LogP) is 8.44. The van der Waals surface area contributed by atoms with E-state index in [0.29, 0.717) is 11.5 Å². The van der Waals surface area contributed by atoms with Crippen molar-refractivity contribution in [3.63, 3.8) is 0 Å². The highest BCUT2D eigenvalue weighted by atomic mass is 16.3. The number of aromatic nitrogens is 2. The summed E-state index contributed by atoms with van der Waals surface area (Å²) in [4.78, 5) is 11.8. The maximum Gasteiger partial charge on any atom is 0.270 e. The number of nitrogens with zero attached hydrogens (tertiary/aromatic N) is 4. The number of pyridine rings is 2. The Bertz CT molecular complexity index is 1970. The molecule has 5 nitrogen and oxygen atoms in total. The van der Waals surface area contributed by atoms with Crippen LogP contribution in [0.25, 0.3) is 70.6 Å². The van der Waals surface area contributed by atoms with E-state index in [1.807, 2.05) is 48.5 Å². The minimum atomic E-state index is 0.357. The lowest BCUT2D eigenvalue weighted by atomic mass is 9.92. The molecule has 7 rings (SSSR count). The highest BCUT2D eigenvalue weighted by Gasteiger charge is 2.19. The van der Waals surface area contributed by atoms with Crippen molar-refractivity contribution in [2.75, 3.05) is 0 Å². The highest BCUT2D eigenvalue weighted by molar-refractivity contribution is 6.29. The molecule has 0 N–H and O–H groups in total. The molecule has 37 heavy (non-hydrogen) atoms. The zero-order valence-electron chi connectivity index (χ0n) is 19.4. The molecule has 3 aromatic heterocycles. The van der Waals surface area contributed by atoms with E-state index >= 15 is 0 Å². The first-order chi connectivity index (χ1) is 18.2. The average Bonchev–Trinajstić information content (AvgIpc) is 3.35. The summed E-state index contributed by atoms with van der Waals surface area (Å²) in [5.41, 5.74) is 5.74. The molecule has 7 aromatic rings. The first-order valence-electron chi connectivity index (χ1n) is 11.8. The number of rotatable bonds is 2. The van der Waals surface area contributed by atoms with Gasteiger partial charge in [0.25, 0.3) is 5.82 Å². The molecule has 0 aliphatic carbocycles. The van der Waals surface area contributed by atoms with Crippen LogP contribution in [0.5, 0.6) is 0 Å². The van der Waals surface area contributed by atoms with Crippen LogP contribution in [0.15, 0.2) is 102 Å². The smallest absolute Gasteiger partial charge is 0.270 e. The molecule has 4 aromatic carbocycles. The average molecular weight is 473 g/mol. The lowest BCUT2D eigenvalue weighted by Gasteiger charge is -2.10. The normalized spacial score (nSPS) is 11.2. The van der Waals surface area contributed by atoms with Gasteiger partial charge in [-0.2, -0.15) is 5.26 Å². The van der Waals surface area contributed by atoms with Crippen molar-refractivity contribution >= 4 is 49.3 Å². The number of nitriles is 1. The SMILES string of the molecule is [C-]#[N+]c1cc(-c2cc3oc4cc(-c5ccnc(C#N)c5)c5ccccc5c4c3c3ccccc23)ccn1. The molecule has 0 saturated heterocycles. The Hall–Kier alpha value is -5.52. The number of furan rings is 1. The van der Waals surface area contributed by atoms with Crippen LogP contribution in [0, 0.1) is 17.9 Å². The van der Waals surface area contributed by atoms with Crippen LogP contribution in [0.3, 0.4) is 0 Å². The van der Waals surface area contributed by atoms with E-state index in [9.17, 15) is 5.26 Å². The molecular weight excluding hydrogens is 456 g/mol. The molecule has 0 fully saturated rings. The van der Waals surface area contributed by atoms with Crippen molar-refractivity contribution in [2.45, 2.75) is 0 Å². The van der Waals surface area contributed by atoms with Crippen LogP contribution in [0.2, 0.25) is 0 Å². The van der Waals surface area contributed by atoms with Gasteiger partial charge in [-0.15, -0.1) is 4.98 Å². The summed E-state index contributed by atoms with van der Waals surface area (Å²) in [6.07, 6.45) is 3.34. The fourth-order valence-corrected chi connectivity index (χ4v) is 5.28. The van der Waals surface area contributed by atoms with Crippen molar-refractivity contribution in [3.05, 3.63) is 114 Å². The fourth-order valence-electron chi connectivity index (χ4n) is 5.28. The van der Waals surface area contributed by atoms with Gasteiger partial charge in [0.15, 0.2) is 0 Å². The Labute approximate surface area is 211 Å². The topological polar surface area (TPSA) is 67.1 Å². The van der Waals surface area contributed by atoms with Crippen LogP contribution >= 0.6 is 0 Å². The minimum absolute atomic E-state index is 0.357. The number of benzene rings is 4. The molecule has 0 unspecified atom stereocenters. The second kappa shape index (κ2) is 8.02. The third kappa shape index (κ3) is 3.16. The molecule has 0 bridgehead atoms. The second-order valence-corrected chi connectivity index (χ2v) is 8.84. The molecule has 0 radical (unpaired) electrons. The molecule has 0 spiro atoms. The summed E-state index contributed by atoms with van der Waals surface area (Å²) in [6, 6.07) is 30.3. The summed E-state index contributed by atoms with van der Waals surface area (Å²) in [7, 11) is 0. The van der Waals surface area contributed by atoms with Gasteiger partial charge in [0.05, 0.1) is 0 Å². The predicted molar refractivity (Wildman–Crippen MR) is 146 cm³/mol. The van der Waals surface area contributed by atoms with Gasteiger partial charge in [0, 0.05) is 17.0 Å². The van der Waals surface area contributed by atoms with Gasteiger partial charge in [0.2, 0.25) is 0 Å². The Morgan fingerprint density at radius 3 is 1.78 bits per heavy atom. The van der Waals surface area contributed by atoms with E-state index in [2.05, 4.69) is 57.3 Å². The summed E-state index contributed by atoms with van der Waals surface area (Å²) >= 11 is 0. The molecule has 0 aliphatic rings. The molecule has 0 saturated carbocycles. The van der Waals surface area contributed by atoms with E-state index in [4.69, 9.17) is 11.0 Å². The van der Waals surface area contributed by atoms with Crippen molar-refractivity contribution in [2.24, 2.45) is 0 Å². The van der Waals surface area contributed by atoms with E-state index < -0.39 is 0 Å². The van der Waals surface area contributed by atoms with Crippen LogP contribution in [0.4, 0.5) is 5.82 Å². The minimum Gasteiger partial charge on any atom is -0.456 e. The van der Waals surface area contributed by atoms with Gasteiger partial charge >= 0.3 is 0 Å². The molecule has 170 valence electrons. The van der Waals surface area contributed by atoms with Crippen molar-refractivity contribution < 1.29 is 4.42 Å². The summed E-state index contributed by atoms with van der Waals surface area (Å²) in [5, 5.41) is 15.8. The first-order valence-corrected chi connectivity index (χ1v) is 11.8. The quantitative estimate of drug-likeness (QED) is 0.237. The fraction of sp³-hybridized carbons (Fsp3) is 0. The molecule has 3 heterocycles. The third-order valence-corrected chi connectivity index (χ3v) is 6.84. The Morgan fingerprint density at radius 2 is 1.22 bits per heavy atom. The van der Waals surface area contributed by atoms with Crippen LogP contribution in [-0.2, 0) is 0 Å². The van der Waals surface area contributed by atoms with Crippen LogP contribution in [0.1, 0.15) is 5.69 Å². The zero-order chi connectivity index (χ0) is 24.9. The number of hydrogen-bond donors (Lipinski definition) is 0. The van der Waals surface area contributed by atoms with Gasteiger partial charge in [-0.1, -0.05) is 55.1 Å². The van der Waals surface area contributed by atoms with E-state index in [1.54, 1.807) is 12.4 Å². The second-order valence-electron chi connectivity index (χ2n) is 8.84. The maximum atomic E-state index is 9.39. The maximum absolute atomic E-state index is 9.39. The Morgan fingerprint density at radius 1 is 0.676 bits per heavy atom. The van der Waals surface area contributed by atoms with Gasteiger partial charge < -0.3 is 9.26 Å². The lowest BCUT2D eigenvalue weighted by Crippen LogP contribution is -1.87. The van der Waals surface area contributed by atoms with E-state index in [1.165, 1.54) is 0 Å². The number of hydrogen-bond acceptors (Lipinski definition) is 4. The zero-order valence-corrected chi connectivity index (χ0v) is 19.4. The highest BCUT2D eigenvalue weighted by Crippen LogP contribution is 2.44. The van der Waals surface area contributed by atoms with Crippen molar-refractivity contribution in [3.8, 4) is 28.3 Å². The van der Waals surface area contributed by atoms with Crippen LogP contribution < -0.4 is 0 Å². The molecule has 5 heteroatoms. The standard InChI is InChI=1S/C32H16N4O/c1-34-30-15-20(11-13-36-30)27-17-29-32(25-9-5-3-7-23(25)27)31-24-8-4-2-6-22(24)26(16-28(31)37-29)19-10-12-35-21(14-19)18-33/h2-17H. The molecule has 0 atom stereocenters. The third-order valence-electron chi connectivity index (χ3n) is 6.84. The van der Waals surface area contributed by atoms with Gasteiger partial charge in [-0.05, 0) is 80.2 Å². The lowest BCUT2D eigenvalue weighted by molar-refractivity contribution is 0.670. The summed E-state index contributed by atoms with van der Waals surface area (Å²) in [5.74, 6) is 0.357. The molecule has 0 aliphatic heterocycles. The molecule has 0 amide bonds. The Balaban J connectivity index is 1.62. The van der Waals surface area contributed by atoms with Crippen LogP contribution in [-0.4, -0.2) is 9.97 Å². The van der Waals surface area contributed by atoms with Crippen molar-refractivity contribution in [1.29, 1.82) is 5.26 Å². The Kier molecular flexibility index (Phi) is 4.51. The monoisotopic (exact) mass is 472 g/mol. The van der Waals surface area contributed by atoms with E-state index in [-0.39, 0.29) is 0 Å². The number of fused-ring (bicyclic) bond motifs is 7. The summed E-state index contributed by atoms with van der Waals surface area (Å²) < 4.78 is 6.55. The van der Waals surface area contributed by atoms with Crippen molar-refractivity contribution in [1.82, 2.24) is 9.97 Å². The van der Waals surface area contributed by atoms with Gasteiger partial charge in [-0.3, -0.25) is 0 Å². The molecular formula is C32H16N4O. The van der Waals surface area contributed by atoms with E-state index in [0.717, 1.165) is 65.7 Å². The largest absolute Gasteiger partial charge is 0.456 e. The first kappa shape index (κ1) is 20.8. The summed E-state index contributed by atoms with van der Waals surface area (Å²) in [6.45, 7) is 7.39. The van der Waals surface area contributed by atoms with Gasteiger partial charge in [-0.25, -0.2) is 4.98 Å². The van der Waals surface area contributed by atoms with Gasteiger partial charge in [0.1, 0.15) is 29.1 Å².